The number of halogens is 1. The van der Waals surface area contributed by atoms with Crippen LogP contribution >= 0.6 is 11.6 Å². The van der Waals surface area contributed by atoms with E-state index in [9.17, 15) is 9.59 Å². The Labute approximate surface area is 154 Å². The Hall–Kier alpha value is -2.73. The minimum Gasteiger partial charge on any atom is -0.491 e. The van der Waals surface area contributed by atoms with Crippen LogP contribution < -0.4 is 15.5 Å². The molecule has 4 rings (SSSR count). The molecule has 1 aromatic carbocycles. The summed E-state index contributed by atoms with van der Waals surface area (Å²) in [5.74, 6) is -0.145. The van der Waals surface area contributed by atoms with Crippen LogP contribution in [0.2, 0.25) is 5.02 Å². The van der Waals surface area contributed by atoms with Crippen LogP contribution in [0.4, 0.5) is 0 Å². The molecular weight excluding hydrogens is 354 g/mol. The summed E-state index contributed by atoms with van der Waals surface area (Å²) in [5.41, 5.74) is 3.10. The highest BCUT2D eigenvalue weighted by molar-refractivity contribution is 6.31. The predicted octanol–water partition coefficient (Wildman–Crippen LogP) is 3.33. The normalized spacial score (nSPS) is 16.3. The zero-order valence-electron chi connectivity index (χ0n) is 14.2. The Morgan fingerprint density at radius 1 is 1.35 bits per heavy atom. The van der Waals surface area contributed by atoms with Gasteiger partial charge in [-0.2, -0.15) is 0 Å². The maximum atomic E-state index is 12.6. The zero-order chi connectivity index (χ0) is 18.3. The number of pyridine rings is 1. The van der Waals surface area contributed by atoms with Gasteiger partial charge in [0, 0.05) is 33.9 Å². The van der Waals surface area contributed by atoms with E-state index in [1.165, 1.54) is 24.9 Å². The molecule has 3 aromatic rings. The van der Waals surface area contributed by atoms with Crippen molar-refractivity contribution in [3.05, 3.63) is 62.7 Å². The van der Waals surface area contributed by atoms with Gasteiger partial charge in [-0.1, -0.05) is 11.6 Å². The summed E-state index contributed by atoms with van der Waals surface area (Å²) in [5, 5.41) is 4.81. The molecule has 2 aromatic heterocycles. The number of aromatic nitrogens is 2. The molecule has 1 aliphatic carbocycles. The number of benzene rings is 1. The number of aryl methyl sites for hydroxylation is 1. The maximum Gasteiger partial charge on any atom is 0.268 e. The average Bonchev–Trinajstić information content (AvgIpc) is 3.00. The van der Waals surface area contributed by atoms with Gasteiger partial charge in [-0.05, 0) is 43.0 Å². The molecule has 1 atom stereocenters. The first kappa shape index (κ1) is 16.7. The van der Waals surface area contributed by atoms with Crippen molar-refractivity contribution in [3.8, 4) is 5.75 Å². The van der Waals surface area contributed by atoms with Crippen LogP contribution in [0.5, 0.6) is 5.75 Å². The minimum absolute atomic E-state index is 0.136. The van der Waals surface area contributed by atoms with E-state index in [1.807, 2.05) is 18.2 Å². The highest BCUT2D eigenvalue weighted by atomic mass is 35.5. The molecular formula is C19H18ClN3O3. The summed E-state index contributed by atoms with van der Waals surface area (Å²) < 4.78 is 4.93. The summed E-state index contributed by atoms with van der Waals surface area (Å²) >= 11 is 6.13. The van der Waals surface area contributed by atoms with Crippen molar-refractivity contribution in [2.45, 2.75) is 25.3 Å². The minimum atomic E-state index is -0.332. The lowest BCUT2D eigenvalue weighted by Crippen LogP contribution is -2.32. The van der Waals surface area contributed by atoms with E-state index >= 15 is 0 Å². The molecule has 0 spiro atoms. The number of fused-ring (bicyclic) bond motifs is 3. The van der Waals surface area contributed by atoms with E-state index in [0.717, 1.165) is 35.9 Å². The number of H-pyrrole nitrogens is 2. The third-order valence-electron chi connectivity index (χ3n) is 4.82. The zero-order valence-corrected chi connectivity index (χ0v) is 14.9. The highest BCUT2D eigenvalue weighted by Gasteiger charge is 2.26. The summed E-state index contributed by atoms with van der Waals surface area (Å²) in [7, 11) is 1.41. The van der Waals surface area contributed by atoms with Crippen molar-refractivity contribution in [1.29, 1.82) is 0 Å². The lowest BCUT2D eigenvalue weighted by Gasteiger charge is -2.23. The second-order valence-corrected chi connectivity index (χ2v) is 6.84. The molecule has 3 N–H and O–H groups in total. The van der Waals surface area contributed by atoms with Crippen LogP contribution in [0.1, 0.15) is 40.6 Å². The molecule has 0 saturated heterocycles. The monoisotopic (exact) mass is 371 g/mol. The molecule has 7 heteroatoms. The number of hydrogen-bond acceptors (Lipinski definition) is 3. The number of carbonyl (C=O) groups excluding carboxylic acids is 1. The van der Waals surface area contributed by atoms with Crippen LogP contribution in [-0.4, -0.2) is 23.0 Å². The molecule has 1 aliphatic rings. The van der Waals surface area contributed by atoms with E-state index in [4.69, 9.17) is 16.3 Å². The molecule has 134 valence electrons. The van der Waals surface area contributed by atoms with Crippen molar-refractivity contribution >= 4 is 28.4 Å². The fraction of sp³-hybridized carbons (Fsp3) is 0.263. The van der Waals surface area contributed by atoms with Crippen molar-refractivity contribution in [1.82, 2.24) is 15.3 Å². The number of amides is 1. The quantitative estimate of drug-likeness (QED) is 0.660. The lowest BCUT2D eigenvalue weighted by molar-refractivity contribution is 0.0926. The molecule has 1 unspecified atom stereocenters. The summed E-state index contributed by atoms with van der Waals surface area (Å²) in [6.45, 7) is 0. The first-order valence-corrected chi connectivity index (χ1v) is 8.82. The molecule has 26 heavy (non-hydrogen) atoms. The maximum absolute atomic E-state index is 12.6. The lowest BCUT2D eigenvalue weighted by atomic mass is 9.91. The Kier molecular flexibility index (Phi) is 4.20. The molecule has 0 saturated carbocycles. The van der Waals surface area contributed by atoms with E-state index in [1.54, 1.807) is 0 Å². The first-order chi connectivity index (χ1) is 12.6. The third kappa shape index (κ3) is 2.86. The Morgan fingerprint density at radius 3 is 2.96 bits per heavy atom. The van der Waals surface area contributed by atoms with Gasteiger partial charge in [0.2, 0.25) is 5.43 Å². The summed E-state index contributed by atoms with van der Waals surface area (Å²) in [6, 6.07) is 6.88. The van der Waals surface area contributed by atoms with E-state index in [-0.39, 0.29) is 28.8 Å². The van der Waals surface area contributed by atoms with E-state index in [0.29, 0.717) is 5.02 Å². The first-order valence-electron chi connectivity index (χ1n) is 8.44. The van der Waals surface area contributed by atoms with Crippen LogP contribution in [-0.2, 0) is 6.42 Å². The fourth-order valence-corrected chi connectivity index (χ4v) is 3.74. The van der Waals surface area contributed by atoms with Gasteiger partial charge in [-0.3, -0.25) is 9.59 Å². The standard InChI is InChI=1S/C19H18ClN3O3/c1-26-17-9-21-15(8-16(17)24)19(25)23-14-4-2-3-11-12-7-10(20)5-6-13(12)22-18(11)14/h5-9,14,22H,2-4H2,1H3,(H,21,24)(H,23,25). The van der Waals surface area contributed by atoms with Crippen LogP contribution in [0.3, 0.4) is 0 Å². The summed E-state index contributed by atoms with van der Waals surface area (Å²) in [4.78, 5) is 30.7. The van der Waals surface area contributed by atoms with Crippen molar-refractivity contribution in [2.24, 2.45) is 0 Å². The van der Waals surface area contributed by atoms with Crippen molar-refractivity contribution in [3.63, 3.8) is 0 Å². The molecule has 6 nitrogen and oxygen atoms in total. The molecule has 0 radical (unpaired) electrons. The number of methoxy groups -OCH3 is 1. The number of carbonyl (C=O) groups is 1. The smallest absolute Gasteiger partial charge is 0.268 e. The third-order valence-corrected chi connectivity index (χ3v) is 5.05. The summed E-state index contributed by atoms with van der Waals surface area (Å²) in [6.07, 6.45) is 4.14. The second kappa shape index (κ2) is 6.53. The van der Waals surface area contributed by atoms with Crippen molar-refractivity contribution in [2.75, 3.05) is 7.11 Å². The molecule has 0 bridgehead atoms. The molecule has 1 amide bonds. The van der Waals surface area contributed by atoms with Gasteiger partial charge >= 0.3 is 0 Å². The molecule has 0 aliphatic heterocycles. The number of nitrogens with one attached hydrogen (secondary N) is 3. The predicted molar refractivity (Wildman–Crippen MR) is 100 cm³/mol. The van der Waals surface area contributed by atoms with Crippen LogP contribution in [0.25, 0.3) is 10.9 Å². The van der Waals surface area contributed by atoms with Gasteiger partial charge < -0.3 is 20.0 Å². The van der Waals surface area contributed by atoms with Gasteiger partial charge in [0.05, 0.1) is 13.2 Å². The van der Waals surface area contributed by atoms with Gasteiger partial charge in [0.25, 0.3) is 5.91 Å². The largest absolute Gasteiger partial charge is 0.491 e. The Morgan fingerprint density at radius 2 is 2.19 bits per heavy atom. The van der Waals surface area contributed by atoms with Gasteiger partial charge in [-0.25, -0.2) is 0 Å². The van der Waals surface area contributed by atoms with Gasteiger partial charge in [0.1, 0.15) is 5.69 Å². The molecule has 0 fully saturated rings. The van der Waals surface area contributed by atoms with Gasteiger partial charge in [0.15, 0.2) is 5.75 Å². The van der Waals surface area contributed by atoms with E-state index < -0.39 is 0 Å². The second-order valence-electron chi connectivity index (χ2n) is 6.40. The number of ether oxygens (including phenoxy) is 1. The average molecular weight is 372 g/mol. The number of hydrogen-bond donors (Lipinski definition) is 3. The van der Waals surface area contributed by atoms with Crippen LogP contribution in [0, 0.1) is 0 Å². The van der Waals surface area contributed by atoms with Gasteiger partial charge in [-0.15, -0.1) is 0 Å². The van der Waals surface area contributed by atoms with E-state index in [2.05, 4.69) is 15.3 Å². The Bertz CT molecular complexity index is 1050. The SMILES string of the molecule is COc1c[nH]c(C(=O)NC2CCCc3c2[nH]c2ccc(Cl)cc32)cc1=O. The number of aromatic amines is 2. The molecule has 2 heterocycles. The number of rotatable bonds is 3. The highest BCUT2D eigenvalue weighted by Crippen LogP contribution is 2.35. The topological polar surface area (TPSA) is 87.0 Å². The van der Waals surface area contributed by atoms with Crippen molar-refractivity contribution < 1.29 is 9.53 Å². The fourth-order valence-electron chi connectivity index (χ4n) is 3.56. The van der Waals surface area contributed by atoms with Crippen LogP contribution in [0.15, 0.2) is 35.3 Å². The Balaban J connectivity index is 1.64.